The average Bonchev–Trinajstić information content (AvgIpc) is 3.04. The second-order valence-electron chi connectivity index (χ2n) is 3.95. The van der Waals surface area contributed by atoms with Crippen LogP contribution < -0.4 is 10.6 Å². The zero-order chi connectivity index (χ0) is 10.8. The predicted molar refractivity (Wildman–Crippen MR) is 56.0 cm³/mol. The highest BCUT2D eigenvalue weighted by Gasteiger charge is 2.33. The van der Waals surface area contributed by atoms with E-state index in [0.29, 0.717) is 18.4 Å². The lowest BCUT2D eigenvalue weighted by atomic mass is 10.1. The summed E-state index contributed by atoms with van der Waals surface area (Å²) in [5.74, 6) is 0.773. The van der Waals surface area contributed by atoms with Crippen molar-refractivity contribution in [3.8, 4) is 0 Å². The van der Waals surface area contributed by atoms with E-state index in [1.165, 1.54) is 25.2 Å². The summed E-state index contributed by atoms with van der Waals surface area (Å²) in [6.45, 7) is 0.585. The lowest BCUT2D eigenvalue weighted by Gasteiger charge is -2.26. The normalized spacial score (nSPS) is 17.5. The molecule has 1 fully saturated rings. The van der Waals surface area contributed by atoms with Gasteiger partial charge in [0.05, 0.1) is 12.4 Å². The monoisotopic (exact) mass is 210 g/mol. The molecule has 1 aromatic rings. The van der Waals surface area contributed by atoms with Crippen molar-refractivity contribution in [2.75, 3.05) is 18.5 Å². The summed E-state index contributed by atoms with van der Waals surface area (Å²) in [4.78, 5) is 9.82. The summed E-state index contributed by atoms with van der Waals surface area (Å²) in [6.07, 6.45) is 4.79. The van der Waals surface area contributed by atoms with Gasteiger partial charge in [0, 0.05) is 19.6 Å². The quantitative estimate of drug-likeness (QED) is 0.798. The minimum Gasteiger partial charge on any atom is -0.339 e. The summed E-state index contributed by atoms with van der Waals surface area (Å²) in [6, 6.07) is 0.274. The van der Waals surface area contributed by atoms with Crippen molar-refractivity contribution in [1.29, 1.82) is 0 Å². The molecule has 4 nitrogen and oxygen atoms in total. The number of nitrogens with two attached hydrogens (primary N) is 1. The minimum atomic E-state index is -0.414. The van der Waals surface area contributed by atoms with Crippen LogP contribution in [-0.4, -0.2) is 29.6 Å². The van der Waals surface area contributed by atoms with Crippen LogP contribution in [0.3, 0.4) is 0 Å². The fourth-order valence-electron chi connectivity index (χ4n) is 1.78. The Balaban J connectivity index is 2.11. The van der Waals surface area contributed by atoms with Crippen molar-refractivity contribution in [1.82, 2.24) is 9.97 Å². The van der Waals surface area contributed by atoms with Gasteiger partial charge in [-0.2, -0.15) is 0 Å². The second kappa shape index (κ2) is 4.10. The third-order valence-corrected chi connectivity index (χ3v) is 2.83. The molecule has 15 heavy (non-hydrogen) atoms. The maximum absolute atomic E-state index is 12.6. The van der Waals surface area contributed by atoms with Gasteiger partial charge in [-0.1, -0.05) is 0 Å². The molecule has 1 unspecified atom stereocenters. The molecule has 0 aliphatic heterocycles. The zero-order valence-corrected chi connectivity index (χ0v) is 8.73. The Hall–Kier alpha value is -1.23. The molecule has 0 aromatic carbocycles. The maximum atomic E-state index is 12.6. The summed E-state index contributed by atoms with van der Waals surface area (Å²) in [7, 11) is 1.91. The van der Waals surface area contributed by atoms with Gasteiger partial charge in [-0.3, -0.25) is 0 Å². The number of hydrogen-bond donors (Lipinski definition) is 1. The number of rotatable bonds is 4. The maximum Gasteiger partial charge on any atom is 0.225 e. The Kier molecular flexibility index (Phi) is 2.81. The largest absolute Gasteiger partial charge is 0.339 e. The van der Waals surface area contributed by atoms with E-state index in [1.807, 2.05) is 11.9 Å². The highest BCUT2D eigenvalue weighted by Crippen LogP contribution is 2.35. The van der Waals surface area contributed by atoms with Gasteiger partial charge in [-0.15, -0.1) is 0 Å². The summed E-state index contributed by atoms with van der Waals surface area (Å²) in [5.41, 5.74) is 5.71. The van der Waals surface area contributed by atoms with Crippen LogP contribution in [0, 0.1) is 11.7 Å². The van der Waals surface area contributed by atoms with Gasteiger partial charge in [0.25, 0.3) is 0 Å². The van der Waals surface area contributed by atoms with Crippen molar-refractivity contribution < 1.29 is 4.39 Å². The summed E-state index contributed by atoms with van der Waals surface area (Å²) >= 11 is 0. The van der Waals surface area contributed by atoms with Crippen LogP contribution in [0.25, 0.3) is 0 Å². The molecule has 2 N–H and O–H groups in total. The molecule has 1 heterocycles. The Morgan fingerprint density at radius 1 is 1.53 bits per heavy atom. The Morgan fingerprint density at radius 3 is 2.60 bits per heavy atom. The lowest BCUT2D eigenvalue weighted by molar-refractivity contribution is 0.556. The van der Waals surface area contributed by atoms with Crippen molar-refractivity contribution in [3.05, 3.63) is 18.2 Å². The third-order valence-electron chi connectivity index (χ3n) is 2.83. The van der Waals surface area contributed by atoms with Crippen LogP contribution in [0.4, 0.5) is 10.3 Å². The third kappa shape index (κ3) is 2.23. The van der Waals surface area contributed by atoms with Crippen LogP contribution >= 0.6 is 0 Å². The number of anilines is 1. The van der Waals surface area contributed by atoms with E-state index in [4.69, 9.17) is 5.73 Å². The van der Waals surface area contributed by atoms with E-state index in [1.54, 1.807) is 0 Å². The predicted octanol–water partition coefficient (Wildman–Crippen LogP) is 0.789. The topological polar surface area (TPSA) is 55.0 Å². The Morgan fingerprint density at radius 2 is 2.13 bits per heavy atom. The molecule has 0 spiro atoms. The first kappa shape index (κ1) is 10.3. The van der Waals surface area contributed by atoms with E-state index >= 15 is 0 Å². The summed E-state index contributed by atoms with van der Waals surface area (Å²) < 4.78 is 12.6. The molecule has 5 heteroatoms. The molecule has 2 rings (SSSR count). The number of aromatic nitrogens is 2. The van der Waals surface area contributed by atoms with Gasteiger partial charge >= 0.3 is 0 Å². The van der Waals surface area contributed by atoms with E-state index in [9.17, 15) is 4.39 Å². The summed E-state index contributed by atoms with van der Waals surface area (Å²) in [5, 5.41) is 0. The van der Waals surface area contributed by atoms with Crippen LogP contribution in [0.5, 0.6) is 0 Å². The first-order valence-electron chi connectivity index (χ1n) is 5.13. The molecular formula is C10H15FN4. The standard InChI is InChI=1S/C10H15FN4/c1-15(9(4-12)7-2-3-7)10-13-5-8(11)6-14-10/h5-7,9H,2-4,12H2,1H3. The number of halogens is 1. The highest BCUT2D eigenvalue weighted by molar-refractivity contribution is 5.30. The second-order valence-corrected chi connectivity index (χ2v) is 3.95. The molecule has 1 saturated carbocycles. The van der Waals surface area contributed by atoms with Crippen LogP contribution in [0.15, 0.2) is 12.4 Å². The highest BCUT2D eigenvalue weighted by atomic mass is 19.1. The lowest BCUT2D eigenvalue weighted by Crippen LogP contribution is -2.40. The molecule has 1 atom stereocenters. The van der Waals surface area contributed by atoms with E-state index in [0.717, 1.165) is 0 Å². The molecule has 0 radical (unpaired) electrons. The van der Waals surface area contributed by atoms with Crippen LogP contribution in [-0.2, 0) is 0 Å². The molecule has 0 amide bonds. The van der Waals surface area contributed by atoms with E-state index in [2.05, 4.69) is 9.97 Å². The first-order chi connectivity index (χ1) is 7.22. The van der Waals surface area contributed by atoms with Gasteiger partial charge in [-0.05, 0) is 18.8 Å². The fourth-order valence-corrected chi connectivity index (χ4v) is 1.78. The molecule has 1 aliphatic rings. The van der Waals surface area contributed by atoms with Crippen molar-refractivity contribution in [2.45, 2.75) is 18.9 Å². The van der Waals surface area contributed by atoms with Gasteiger partial charge in [-0.25, -0.2) is 14.4 Å². The zero-order valence-electron chi connectivity index (χ0n) is 8.73. The van der Waals surface area contributed by atoms with Gasteiger partial charge in [0.2, 0.25) is 5.95 Å². The van der Waals surface area contributed by atoms with Gasteiger partial charge < -0.3 is 10.6 Å². The molecule has 1 aromatic heterocycles. The first-order valence-corrected chi connectivity index (χ1v) is 5.13. The molecule has 0 saturated heterocycles. The van der Waals surface area contributed by atoms with E-state index in [-0.39, 0.29) is 6.04 Å². The van der Waals surface area contributed by atoms with Crippen molar-refractivity contribution >= 4 is 5.95 Å². The Bertz CT molecular complexity index is 323. The molecule has 82 valence electrons. The average molecular weight is 210 g/mol. The molecular weight excluding hydrogens is 195 g/mol. The number of likely N-dealkylation sites (N-methyl/N-ethyl adjacent to an activating group) is 1. The molecule has 0 bridgehead atoms. The van der Waals surface area contributed by atoms with Gasteiger partial charge in [0.1, 0.15) is 0 Å². The van der Waals surface area contributed by atoms with E-state index < -0.39 is 5.82 Å². The number of hydrogen-bond acceptors (Lipinski definition) is 4. The van der Waals surface area contributed by atoms with Crippen molar-refractivity contribution in [3.63, 3.8) is 0 Å². The smallest absolute Gasteiger partial charge is 0.225 e. The Labute approximate surface area is 88.3 Å². The van der Waals surface area contributed by atoms with Crippen LogP contribution in [0.2, 0.25) is 0 Å². The SMILES string of the molecule is CN(c1ncc(F)cn1)C(CN)C1CC1. The molecule has 1 aliphatic carbocycles. The van der Waals surface area contributed by atoms with Crippen molar-refractivity contribution in [2.24, 2.45) is 11.7 Å². The van der Waals surface area contributed by atoms with Gasteiger partial charge in [0.15, 0.2) is 5.82 Å². The minimum absolute atomic E-state index is 0.274. The number of nitrogens with zero attached hydrogens (tertiary/aromatic N) is 3. The van der Waals surface area contributed by atoms with Crippen LogP contribution in [0.1, 0.15) is 12.8 Å². The fraction of sp³-hybridized carbons (Fsp3) is 0.600.